The van der Waals surface area contributed by atoms with E-state index in [1.807, 2.05) is 25.1 Å². The lowest BCUT2D eigenvalue weighted by Crippen LogP contribution is -2.31. The zero-order chi connectivity index (χ0) is 14.4. The van der Waals surface area contributed by atoms with Crippen LogP contribution in [0.15, 0.2) is 35.8 Å². The van der Waals surface area contributed by atoms with E-state index in [-0.39, 0.29) is 11.8 Å². The third kappa shape index (κ3) is 1.85. The van der Waals surface area contributed by atoms with Crippen molar-refractivity contribution in [2.45, 2.75) is 13.3 Å². The molecule has 1 aliphatic heterocycles. The molecule has 4 rings (SSSR count). The fourth-order valence-corrected chi connectivity index (χ4v) is 2.65. The van der Waals surface area contributed by atoms with Gasteiger partial charge in [-0.2, -0.15) is 5.10 Å². The summed E-state index contributed by atoms with van der Waals surface area (Å²) in [5.74, 6) is 0.0445. The fourth-order valence-electron chi connectivity index (χ4n) is 2.65. The van der Waals surface area contributed by atoms with Crippen molar-refractivity contribution in [2.24, 2.45) is 11.0 Å². The van der Waals surface area contributed by atoms with Crippen LogP contribution in [-0.4, -0.2) is 31.4 Å². The zero-order valence-electron chi connectivity index (χ0n) is 11.3. The number of nitrogens with zero attached hydrogens (tertiary/aromatic N) is 5. The van der Waals surface area contributed by atoms with Crippen LogP contribution in [0.1, 0.15) is 18.9 Å². The summed E-state index contributed by atoms with van der Waals surface area (Å²) in [4.78, 5) is 15.7. The second kappa shape index (κ2) is 4.34. The minimum Gasteiger partial charge on any atom is -0.273 e. The topological polar surface area (TPSA) is 84.5 Å². The average Bonchev–Trinajstić information content (AvgIpc) is 2.95. The number of hydrogen-bond donors (Lipinski definition) is 1. The van der Waals surface area contributed by atoms with Crippen LogP contribution in [-0.2, 0) is 4.79 Å². The molecule has 3 aromatic rings. The number of carbonyl (C=O) groups is 1. The quantitative estimate of drug-likeness (QED) is 0.724. The molecule has 0 aliphatic carbocycles. The lowest BCUT2D eigenvalue weighted by molar-refractivity contribution is -0.121. The van der Waals surface area contributed by atoms with Crippen molar-refractivity contribution in [1.82, 2.24) is 25.2 Å². The van der Waals surface area contributed by atoms with Crippen LogP contribution in [0, 0.1) is 5.92 Å². The van der Waals surface area contributed by atoms with Crippen LogP contribution in [0.25, 0.3) is 16.4 Å². The molecule has 0 fully saturated rings. The van der Waals surface area contributed by atoms with Gasteiger partial charge in [0.2, 0.25) is 5.91 Å². The van der Waals surface area contributed by atoms with E-state index in [1.54, 1.807) is 17.0 Å². The van der Waals surface area contributed by atoms with Crippen molar-refractivity contribution in [3.05, 3.63) is 36.3 Å². The van der Waals surface area contributed by atoms with Gasteiger partial charge in [-0.25, -0.2) is 14.9 Å². The number of benzene rings is 1. The molecule has 0 spiro atoms. The first-order chi connectivity index (χ1) is 10.2. The van der Waals surface area contributed by atoms with E-state index in [0.717, 1.165) is 27.7 Å². The normalized spacial score (nSPS) is 18.8. The molecule has 1 amide bonds. The molecule has 0 radical (unpaired) electrons. The Balaban J connectivity index is 1.92. The Morgan fingerprint density at radius 1 is 1.38 bits per heavy atom. The standard InChI is InChI=1S/C14H12N6O/c1-8-4-13(21)17-18-14(8)9-2-3-11-10(5-9)12-6-16-19-20(12)7-15-11/h2-3,5-8H,4H2,1H3,(H,17,21). The Bertz CT molecular complexity index is 897. The largest absolute Gasteiger partial charge is 0.273 e. The van der Waals surface area contributed by atoms with Crippen LogP contribution < -0.4 is 5.43 Å². The molecule has 0 saturated heterocycles. The maximum absolute atomic E-state index is 11.4. The maximum Gasteiger partial charge on any atom is 0.240 e. The van der Waals surface area contributed by atoms with Crippen molar-refractivity contribution < 1.29 is 4.79 Å². The molecule has 1 aliphatic rings. The average molecular weight is 280 g/mol. The minimum absolute atomic E-state index is 0.0453. The van der Waals surface area contributed by atoms with Crippen molar-refractivity contribution in [2.75, 3.05) is 0 Å². The van der Waals surface area contributed by atoms with Gasteiger partial charge in [-0.05, 0) is 17.7 Å². The Hall–Kier alpha value is -2.83. The summed E-state index contributed by atoms with van der Waals surface area (Å²) in [6.45, 7) is 2.00. The number of hydrazone groups is 1. The molecule has 1 unspecified atom stereocenters. The van der Waals surface area contributed by atoms with Crippen molar-refractivity contribution in [3.8, 4) is 0 Å². The molecule has 1 aromatic carbocycles. The van der Waals surface area contributed by atoms with E-state index < -0.39 is 0 Å². The molecule has 104 valence electrons. The van der Waals surface area contributed by atoms with Gasteiger partial charge in [-0.3, -0.25) is 4.79 Å². The van der Waals surface area contributed by atoms with Crippen LogP contribution in [0.2, 0.25) is 0 Å². The third-order valence-corrected chi connectivity index (χ3v) is 3.71. The summed E-state index contributed by atoms with van der Waals surface area (Å²) in [6.07, 6.45) is 3.81. The van der Waals surface area contributed by atoms with E-state index >= 15 is 0 Å². The number of amides is 1. The summed E-state index contributed by atoms with van der Waals surface area (Å²) in [6, 6.07) is 5.94. The number of fused-ring (bicyclic) bond motifs is 3. The molecular formula is C14H12N6O. The van der Waals surface area contributed by atoms with Gasteiger partial charge in [-0.15, -0.1) is 5.10 Å². The molecular weight excluding hydrogens is 268 g/mol. The molecule has 7 heteroatoms. The maximum atomic E-state index is 11.4. The number of carbonyl (C=O) groups excluding carboxylic acids is 1. The highest BCUT2D eigenvalue weighted by Crippen LogP contribution is 2.22. The fraction of sp³-hybridized carbons (Fsp3) is 0.214. The molecule has 2 aromatic heterocycles. The van der Waals surface area contributed by atoms with Crippen molar-refractivity contribution in [1.29, 1.82) is 0 Å². The van der Waals surface area contributed by atoms with Gasteiger partial charge in [0.05, 0.1) is 22.9 Å². The number of rotatable bonds is 1. The highest BCUT2D eigenvalue weighted by molar-refractivity contribution is 6.08. The third-order valence-electron chi connectivity index (χ3n) is 3.71. The van der Waals surface area contributed by atoms with Gasteiger partial charge < -0.3 is 0 Å². The zero-order valence-corrected chi connectivity index (χ0v) is 11.3. The molecule has 1 N–H and O–H groups in total. The Morgan fingerprint density at radius 2 is 2.29 bits per heavy atom. The lowest BCUT2D eigenvalue weighted by Gasteiger charge is -2.19. The van der Waals surface area contributed by atoms with E-state index in [4.69, 9.17) is 0 Å². The Morgan fingerprint density at radius 3 is 3.14 bits per heavy atom. The van der Waals surface area contributed by atoms with Crippen LogP contribution in [0.5, 0.6) is 0 Å². The van der Waals surface area contributed by atoms with E-state index in [2.05, 4.69) is 25.8 Å². The first-order valence-electron chi connectivity index (χ1n) is 6.68. The summed E-state index contributed by atoms with van der Waals surface area (Å²) < 4.78 is 1.64. The predicted octanol–water partition coefficient (Wildman–Crippen LogP) is 1.14. The van der Waals surface area contributed by atoms with Crippen molar-refractivity contribution in [3.63, 3.8) is 0 Å². The van der Waals surface area contributed by atoms with E-state index in [9.17, 15) is 4.79 Å². The Kier molecular flexibility index (Phi) is 2.47. The van der Waals surface area contributed by atoms with Gasteiger partial charge in [-0.1, -0.05) is 18.2 Å². The molecule has 3 heterocycles. The first-order valence-corrected chi connectivity index (χ1v) is 6.68. The summed E-state index contributed by atoms with van der Waals surface area (Å²) in [5, 5.41) is 13.0. The number of aromatic nitrogens is 4. The molecule has 0 saturated carbocycles. The highest BCUT2D eigenvalue weighted by Gasteiger charge is 2.22. The second-order valence-electron chi connectivity index (χ2n) is 5.18. The van der Waals surface area contributed by atoms with Crippen LogP contribution in [0.3, 0.4) is 0 Å². The lowest BCUT2D eigenvalue weighted by atomic mass is 9.93. The van der Waals surface area contributed by atoms with Crippen LogP contribution >= 0.6 is 0 Å². The van der Waals surface area contributed by atoms with Gasteiger partial charge in [0.25, 0.3) is 0 Å². The Labute approximate surface area is 119 Å². The molecule has 7 nitrogen and oxygen atoms in total. The number of hydrogen-bond acceptors (Lipinski definition) is 5. The minimum atomic E-state index is -0.0453. The number of nitrogens with one attached hydrogen (secondary N) is 1. The summed E-state index contributed by atoms with van der Waals surface area (Å²) in [7, 11) is 0. The first kappa shape index (κ1) is 12.0. The van der Waals surface area contributed by atoms with Gasteiger partial charge >= 0.3 is 0 Å². The summed E-state index contributed by atoms with van der Waals surface area (Å²) >= 11 is 0. The van der Waals surface area contributed by atoms with Crippen LogP contribution in [0.4, 0.5) is 0 Å². The molecule has 1 atom stereocenters. The monoisotopic (exact) mass is 280 g/mol. The van der Waals surface area contributed by atoms with Gasteiger partial charge in [0.1, 0.15) is 6.33 Å². The highest BCUT2D eigenvalue weighted by atomic mass is 16.2. The molecule has 21 heavy (non-hydrogen) atoms. The predicted molar refractivity (Wildman–Crippen MR) is 76.7 cm³/mol. The van der Waals surface area contributed by atoms with Gasteiger partial charge in [0, 0.05) is 17.7 Å². The SMILES string of the molecule is CC1CC(=O)NN=C1c1ccc2ncn3nncc3c2c1. The summed E-state index contributed by atoms with van der Waals surface area (Å²) in [5.41, 5.74) is 6.18. The van der Waals surface area contributed by atoms with E-state index in [1.165, 1.54) is 0 Å². The van der Waals surface area contributed by atoms with E-state index in [0.29, 0.717) is 6.42 Å². The van der Waals surface area contributed by atoms with Crippen molar-refractivity contribution >= 4 is 28.0 Å². The molecule has 0 bridgehead atoms. The second-order valence-corrected chi connectivity index (χ2v) is 5.18. The van der Waals surface area contributed by atoms with Gasteiger partial charge in [0.15, 0.2) is 0 Å². The smallest absolute Gasteiger partial charge is 0.240 e.